The van der Waals surface area contributed by atoms with Crippen LogP contribution >= 0.6 is 0 Å². The van der Waals surface area contributed by atoms with E-state index in [1.807, 2.05) is 36.4 Å². The average Bonchev–Trinajstić information content (AvgIpc) is 2.58. The summed E-state index contributed by atoms with van der Waals surface area (Å²) in [5.41, 5.74) is 14.9. The highest BCUT2D eigenvalue weighted by Gasteiger charge is 2.49. The first kappa shape index (κ1) is 14.9. The van der Waals surface area contributed by atoms with Gasteiger partial charge in [0.05, 0.1) is 14.2 Å². The molecule has 0 heterocycles. The number of benzene rings is 2. The molecule has 2 aromatic rings. The van der Waals surface area contributed by atoms with E-state index < -0.39 is 0 Å². The Kier molecular flexibility index (Phi) is 4.05. The summed E-state index contributed by atoms with van der Waals surface area (Å²) >= 11 is 0. The minimum Gasteiger partial charge on any atom is -0.496 e. The quantitative estimate of drug-likeness (QED) is 0.908. The Morgan fingerprint density at radius 3 is 1.41 bits per heavy atom. The fourth-order valence-corrected chi connectivity index (χ4v) is 3.50. The Hall–Kier alpha value is -2.04. The van der Waals surface area contributed by atoms with Crippen molar-refractivity contribution in [1.82, 2.24) is 0 Å². The van der Waals surface area contributed by atoms with Gasteiger partial charge in [0.25, 0.3) is 0 Å². The lowest BCUT2D eigenvalue weighted by atomic mass is 9.60. The predicted molar refractivity (Wildman–Crippen MR) is 87.4 cm³/mol. The summed E-state index contributed by atoms with van der Waals surface area (Å²) in [7, 11) is 3.36. The number of nitrogens with two attached hydrogens (primary N) is 2. The summed E-state index contributed by atoms with van der Waals surface area (Å²) < 4.78 is 11.0. The molecule has 4 heteroatoms. The molecule has 0 spiro atoms. The molecule has 1 unspecified atom stereocenters. The van der Waals surface area contributed by atoms with Crippen LogP contribution in [0.15, 0.2) is 48.5 Å². The lowest BCUT2D eigenvalue weighted by molar-refractivity contribution is 0.223. The van der Waals surface area contributed by atoms with Gasteiger partial charge in [-0.05, 0) is 23.3 Å². The van der Waals surface area contributed by atoms with Crippen LogP contribution in [0.25, 0.3) is 0 Å². The van der Waals surface area contributed by atoms with Crippen molar-refractivity contribution in [2.75, 3.05) is 14.2 Å². The van der Waals surface area contributed by atoms with Crippen molar-refractivity contribution in [3.05, 3.63) is 59.7 Å². The molecular formula is C18H22N2O2. The summed E-state index contributed by atoms with van der Waals surface area (Å²) in [6.45, 7) is 0. The van der Waals surface area contributed by atoms with Gasteiger partial charge in [-0.25, -0.2) is 0 Å². The highest BCUT2D eigenvalue weighted by Crippen LogP contribution is 2.51. The van der Waals surface area contributed by atoms with Gasteiger partial charge in [-0.2, -0.15) is 0 Å². The molecule has 22 heavy (non-hydrogen) atoms. The van der Waals surface area contributed by atoms with Gasteiger partial charge in [0.15, 0.2) is 0 Å². The van der Waals surface area contributed by atoms with E-state index >= 15 is 0 Å². The second kappa shape index (κ2) is 5.99. The molecule has 0 amide bonds. The maximum atomic E-state index is 6.32. The van der Waals surface area contributed by atoms with Crippen molar-refractivity contribution in [2.24, 2.45) is 11.5 Å². The topological polar surface area (TPSA) is 70.5 Å². The van der Waals surface area contributed by atoms with Gasteiger partial charge in [-0.3, -0.25) is 0 Å². The second-order valence-corrected chi connectivity index (χ2v) is 5.69. The van der Waals surface area contributed by atoms with Crippen molar-refractivity contribution in [2.45, 2.75) is 23.9 Å². The van der Waals surface area contributed by atoms with Crippen LogP contribution in [0.1, 0.15) is 23.0 Å². The molecule has 0 aromatic heterocycles. The van der Waals surface area contributed by atoms with Crippen LogP contribution in [0.2, 0.25) is 0 Å². The molecule has 116 valence electrons. The molecule has 0 radical (unpaired) electrons. The summed E-state index contributed by atoms with van der Waals surface area (Å²) in [5.74, 6) is 1.97. The number of methoxy groups -OCH3 is 2. The van der Waals surface area contributed by atoms with Gasteiger partial charge in [-0.15, -0.1) is 0 Å². The minimum absolute atomic E-state index is 0.0915. The molecule has 0 aliphatic heterocycles. The Labute approximate surface area is 131 Å². The zero-order chi connectivity index (χ0) is 15.7. The first-order valence-corrected chi connectivity index (χ1v) is 7.46. The molecule has 3 rings (SSSR count). The molecule has 0 saturated heterocycles. The summed E-state index contributed by atoms with van der Waals surface area (Å²) in [6, 6.07) is 15.8. The van der Waals surface area contributed by atoms with Gasteiger partial charge in [0, 0.05) is 23.9 Å². The average molecular weight is 298 g/mol. The number of hydrogen-bond acceptors (Lipinski definition) is 4. The third kappa shape index (κ3) is 2.25. The van der Waals surface area contributed by atoms with E-state index in [9.17, 15) is 0 Å². The molecule has 4 nitrogen and oxygen atoms in total. The number of rotatable bonds is 4. The fraction of sp³-hybridized carbons (Fsp3) is 0.333. The van der Waals surface area contributed by atoms with E-state index in [0.29, 0.717) is 0 Å². The summed E-state index contributed by atoms with van der Waals surface area (Å²) in [4.78, 5) is 0. The van der Waals surface area contributed by atoms with Crippen LogP contribution < -0.4 is 20.9 Å². The van der Waals surface area contributed by atoms with E-state index in [1.54, 1.807) is 14.2 Å². The summed E-state index contributed by atoms with van der Waals surface area (Å²) in [5, 5.41) is 0. The maximum Gasteiger partial charge on any atom is 0.122 e. The number of hydrogen-bond donors (Lipinski definition) is 2. The van der Waals surface area contributed by atoms with E-state index in [-0.39, 0.29) is 23.9 Å². The maximum absolute atomic E-state index is 6.32. The number of para-hydroxylation sites is 2. The first-order valence-electron chi connectivity index (χ1n) is 7.46. The number of ether oxygens (including phenoxy) is 2. The third-order valence-corrected chi connectivity index (χ3v) is 4.66. The van der Waals surface area contributed by atoms with Crippen molar-refractivity contribution in [3.8, 4) is 11.5 Å². The molecule has 1 fully saturated rings. The lowest BCUT2D eigenvalue weighted by Gasteiger charge is -2.49. The molecule has 1 aliphatic carbocycles. The summed E-state index contributed by atoms with van der Waals surface area (Å²) in [6.07, 6.45) is 0. The van der Waals surface area contributed by atoms with E-state index in [2.05, 4.69) is 12.1 Å². The third-order valence-electron chi connectivity index (χ3n) is 4.66. The van der Waals surface area contributed by atoms with Crippen LogP contribution in [0.4, 0.5) is 0 Å². The van der Waals surface area contributed by atoms with Gasteiger partial charge in [0.2, 0.25) is 0 Å². The smallest absolute Gasteiger partial charge is 0.122 e. The molecular weight excluding hydrogens is 276 g/mol. The fourth-order valence-electron chi connectivity index (χ4n) is 3.50. The van der Waals surface area contributed by atoms with Crippen LogP contribution in [-0.4, -0.2) is 26.3 Å². The van der Waals surface area contributed by atoms with E-state index in [0.717, 1.165) is 22.6 Å². The molecule has 1 aliphatic rings. The van der Waals surface area contributed by atoms with Gasteiger partial charge < -0.3 is 20.9 Å². The van der Waals surface area contributed by atoms with Crippen LogP contribution in [0, 0.1) is 0 Å². The van der Waals surface area contributed by atoms with Crippen molar-refractivity contribution in [3.63, 3.8) is 0 Å². The molecule has 0 bridgehead atoms. The molecule has 1 saturated carbocycles. The Balaban J connectivity index is 2.03. The van der Waals surface area contributed by atoms with Crippen LogP contribution in [0.5, 0.6) is 11.5 Å². The Morgan fingerprint density at radius 2 is 1.05 bits per heavy atom. The molecule has 2 aromatic carbocycles. The van der Waals surface area contributed by atoms with E-state index in [1.165, 1.54) is 0 Å². The highest BCUT2D eigenvalue weighted by atomic mass is 16.5. The normalized spacial score (nSPS) is 27.1. The first-order chi connectivity index (χ1) is 10.7. The van der Waals surface area contributed by atoms with Gasteiger partial charge in [-0.1, -0.05) is 36.4 Å². The van der Waals surface area contributed by atoms with Crippen molar-refractivity contribution >= 4 is 0 Å². The SMILES string of the molecule is COc1ccccc1C1[C@H](N)[C@@H](N)[C@H]1c1ccccc1OC. The largest absolute Gasteiger partial charge is 0.496 e. The predicted octanol–water partition coefficient (Wildman–Crippen LogP) is 2.24. The zero-order valence-corrected chi connectivity index (χ0v) is 12.9. The molecule has 4 N–H and O–H groups in total. The highest BCUT2D eigenvalue weighted by molar-refractivity contribution is 5.48. The zero-order valence-electron chi connectivity index (χ0n) is 12.9. The van der Waals surface area contributed by atoms with Crippen molar-refractivity contribution in [1.29, 1.82) is 0 Å². The van der Waals surface area contributed by atoms with Gasteiger partial charge >= 0.3 is 0 Å². The lowest BCUT2D eigenvalue weighted by Crippen LogP contribution is -2.61. The monoisotopic (exact) mass is 298 g/mol. The Morgan fingerprint density at radius 1 is 0.682 bits per heavy atom. The minimum atomic E-state index is -0.0915. The van der Waals surface area contributed by atoms with Crippen LogP contribution in [0.3, 0.4) is 0 Å². The second-order valence-electron chi connectivity index (χ2n) is 5.69. The molecule has 4 atom stereocenters. The van der Waals surface area contributed by atoms with Crippen molar-refractivity contribution < 1.29 is 9.47 Å². The van der Waals surface area contributed by atoms with E-state index in [4.69, 9.17) is 20.9 Å². The Bertz CT molecular complexity index is 602. The standard InChI is InChI=1S/C18H22N2O2/c1-21-13-9-5-3-7-11(13)15-16(18(20)17(15)19)12-8-4-6-10-14(12)22-2/h3-10,15-18H,19-20H2,1-2H3/t15-,16?,17-,18-/m0/s1. The van der Waals surface area contributed by atoms with Gasteiger partial charge in [0.1, 0.15) is 11.5 Å². The van der Waals surface area contributed by atoms with Crippen LogP contribution in [-0.2, 0) is 0 Å².